The van der Waals surface area contributed by atoms with E-state index in [-0.39, 0.29) is 6.04 Å². The summed E-state index contributed by atoms with van der Waals surface area (Å²) in [6.45, 7) is 2.69. The van der Waals surface area contributed by atoms with Crippen LogP contribution in [-0.4, -0.2) is 30.6 Å². The largest absolute Gasteiger partial charge is 0.383 e. The minimum atomic E-state index is 0.137. The van der Waals surface area contributed by atoms with Gasteiger partial charge in [-0.15, -0.1) is 22.9 Å². The maximum atomic E-state index is 5.77. The lowest BCUT2D eigenvalue weighted by molar-refractivity contribution is 0.191. The summed E-state index contributed by atoms with van der Waals surface area (Å²) in [7, 11) is 1.67. The van der Waals surface area contributed by atoms with Gasteiger partial charge in [0.1, 0.15) is 0 Å². The molecule has 0 fully saturated rings. The summed E-state index contributed by atoms with van der Waals surface area (Å²) in [5.74, 6) is 0.523. The number of anilines is 1. The molecule has 0 amide bonds. The Bertz CT molecular complexity index is 267. The number of ether oxygens (including phenoxy) is 1. The van der Waals surface area contributed by atoms with Crippen LogP contribution in [0.3, 0.4) is 0 Å². The summed E-state index contributed by atoms with van der Waals surface area (Å²) < 4.78 is 5.03. The van der Waals surface area contributed by atoms with Crippen molar-refractivity contribution in [1.29, 1.82) is 0 Å². The first-order valence-electron chi connectivity index (χ1n) is 4.56. The third-order valence-electron chi connectivity index (χ3n) is 1.80. The first-order chi connectivity index (χ1) is 6.80. The predicted molar refractivity (Wildman–Crippen MR) is 61.5 cm³/mol. The van der Waals surface area contributed by atoms with Crippen LogP contribution in [0.15, 0.2) is 5.38 Å². The number of thiazole rings is 1. The van der Waals surface area contributed by atoms with Crippen LogP contribution >= 0.6 is 22.9 Å². The molecule has 14 heavy (non-hydrogen) atoms. The van der Waals surface area contributed by atoms with Crippen molar-refractivity contribution in [2.75, 3.05) is 24.9 Å². The van der Waals surface area contributed by atoms with Crippen molar-refractivity contribution in [3.05, 3.63) is 11.1 Å². The molecule has 1 unspecified atom stereocenters. The number of nitrogens with zero attached hydrogens (tertiary/aromatic N) is 1. The second kappa shape index (κ2) is 6.22. The van der Waals surface area contributed by atoms with Gasteiger partial charge in [-0.05, 0) is 6.42 Å². The van der Waals surface area contributed by atoms with Gasteiger partial charge in [-0.3, -0.25) is 0 Å². The van der Waals surface area contributed by atoms with Crippen LogP contribution in [0.4, 0.5) is 5.13 Å². The minimum Gasteiger partial charge on any atom is -0.383 e. The summed E-state index contributed by atoms with van der Waals surface area (Å²) in [6.07, 6.45) is 0.966. The number of halogens is 1. The standard InChI is InChI=1S/C9H15ClN2OS/c1-3-7-6-14-9(11-7)12-8(4-10)5-13-2/h6,8H,3-5H2,1-2H3,(H,11,12). The Morgan fingerprint density at radius 3 is 3.00 bits per heavy atom. The van der Waals surface area contributed by atoms with Crippen LogP contribution in [0, 0.1) is 0 Å². The van der Waals surface area contributed by atoms with Crippen molar-refractivity contribution in [1.82, 2.24) is 4.98 Å². The van der Waals surface area contributed by atoms with E-state index in [2.05, 4.69) is 22.6 Å². The molecule has 1 heterocycles. The number of rotatable bonds is 6. The molecule has 80 valence electrons. The molecule has 5 heteroatoms. The summed E-state index contributed by atoms with van der Waals surface area (Å²) >= 11 is 7.38. The Morgan fingerprint density at radius 1 is 1.71 bits per heavy atom. The second-order valence-electron chi connectivity index (χ2n) is 2.95. The third kappa shape index (κ3) is 3.44. The molecule has 0 saturated carbocycles. The smallest absolute Gasteiger partial charge is 0.183 e. The third-order valence-corrected chi connectivity index (χ3v) is 2.99. The summed E-state index contributed by atoms with van der Waals surface area (Å²) in [6, 6.07) is 0.137. The predicted octanol–water partition coefficient (Wildman–Crippen LogP) is 2.37. The van der Waals surface area contributed by atoms with E-state index in [1.54, 1.807) is 18.4 Å². The number of alkyl halides is 1. The molecule has 1 rings (SSSR count). The molecule has 1 atom stereocenters. The Kier molecular flexibility index (Phi) is 5.22. The summed E-state index contributed by atoms with van der Waals surface area (Å²) in [5, 5.41) is 6.21. The van der Waals surface area contributed by atoms with E-state index in [0.717, 1.165) is 17.2 Å². The molecule has 0 aromatic carbocycles. The zero-order valence-corrected chi connectivity index (χ0v) is 9.99. The Labute approximate surface area is 93.4 Å². The lowest BCUT2D eigenvalue weighted by atomic mass is 10.4. The van der Waals surface area contributed by atoms with Gasteiger partial charge in [0.15, 0.2) is 5.13 Å². The topological polar surface area (TPSA) is 34.1 Å². The highest BCUT2D eigenvalue weighted by Crippen LogP contribution is 2.16. The lowest BCUT2D eigenvalue weighted by Crippen LogP contribution is -2.26. The van der Waals surface area contributed by atoms with Crippen molar-refractivity contribution >= 4 is 28.1 Å². The molecule has 0 aliphatic heterocycles. The average Bonchev–Trinajstić information content (AvgIpc) is 2.65. The molecule has 0 saturated heterocycles. The van der Waals surface area contributed by atoms with Gasteiger partial charge in [0.05, 0.1) is 18.3 Å². The van der Waals surface area contributed by atoms with Crippen LogP contribution in [0.25, 0.3) is 0 Å². The van der Waals surface area contributed by atoms with Gasteiger partial charge in [-0.1, -0.05) is 6.92 Å². The van der Waals surface area contributed by atoms with E-state index < -0.39 is 0 Å². The SMILES string of the molecule is CCc1csc(NC(CCl)COC)n1. The number of hydrogen-bond acceptors (Lipinski definition) is 4. The minimum absolute atomic E-state index is 0.137. The highest BCUT2D eigenvalue weighted by molar-refractivity contribution is 7.13. The number of hydrogen-bond donors (Lipinski definition) is 1. The summed E-state index contributed by atoms with van der Waals surface area (Å²) in [5.41, 5.74) is 1.11. The van der Waals surface area contributed by atoms with Crippen molar-refractivity contribution < 1.29 is 4.74 Å². The van der Waals surface area contributed by atoms with Crippen LogP contribution in [0.1, 0.15) is 12.6 Å². The fourth-order valence-corrected chi connectivity index (χ4v) is 2.07. The molecule has 0 spiro atoms. The van der Waals surface area contributed by atoms with Gasteiger partial charge in [-0.25, -0.2) is 4.98 Å². The molecule has 1 aromatic rings. The Morgan fingerprint density at radius 2 is 2.50 bits per heavy atom. The maximum absolute atomic E-state index is 5.77. The molecule has 1 N–H and O–H groups in total. The average molecular weight is 235 g/mol. The first kappa shape index (κ1) is 11.8. The van der Waals surface area contributed by atoms with Crippen molar-refractivity contribution in [2.24, 2.45) is 0 Å². The van der Waals surface area contributed by atoms with Crippen LogP contribution in [0.5, 0.6) is 0 Å². The highest BCUT2D eigenvalue weighted by Gasteiger charge is 2.08. The van der Waals surface area contributed by atoms with Crippen molar-refractivity contribution in [3.63, 3.8) is 0 Å². The van der Waals surface area contributed by atoms with E-state index in [1.165, 1.54) is 0 Å². The molecular weight excluding hydrogens is 220 g/mol. The normalized spacial score (nSPS) is 12.8. The molecule has 1 aromatic heterocycles. The zero-order valence-electron chi connectivity index (χ0n) is 8.42. The van der Waals surface area contributed by atoms with E-state index in [9.17, 15) is 0 Å². The molecule has 3 nitrogen and oxygen atoms in total. The van der Waals surface area contributed by atoms with Gasteiger partial charge in [0.2, 0.25) is 0 Å². The zero-order chi connectivity index (χ0) is 10.4. The lowest BCUT2D eigenvalue weighted by Gasteiger charge is -2.13. The summed E-state index contributed by atoms with van der Waals surface area (Å²) in [4.78, 5) is 4.39. The van der Waals surface area contributed by atoms with Gasteiger partial charge >= 0.3 is 0 Å². The molecule has 0 bridgehead atoms. The van der Waals surface area contributed by atoms with Crippen molar-refractivity contribution in [3.8, 4) is 0 Å². The van der Waals surface area contributed by atoms with Gasteiger partial charge in [-0.2, -0.15) is 0 Å². The van der Waals surface area contributed by atoms with E-state index >= 15 is 0 Å². The number of aromatic nitrogens is 1. The van der Waals surface area contributed by atoms with Crippen molar-refractivity contribution in [2.45, 2.75) is 19.4 Å². The van der Waals surface area contributed by atoms with Gasteiger partial charge in [0.25, 0.3) is 0 Å². The second-order valence-corrected chi connectivity index (χ2v) is 4.12. The quantitative estimate of drug-likeness (QED) is 0.768. The molecule has 0 aliphatic carbocycles. The molecule has 0 radical (unpaired) electrons. The number of methoxy groups -OCH3 is 1. The Hall–Kier alpha value is -0.320. The van der Waals surface area contributed by atoms with Gasteiger partial charge < -0.3 is 10.1 Å². The number of aryl methyl sites for hydroxylation is 1. The van der Waals surface area contributed by atoms with Gasteiger partial charge in [0, 0.05) is 18.4 Å². The van der Waals surface area contributed by atoms with E-state index in [4.69, 9.17) is 16.3 Å². The monoisotopic (exact) mass is 234 g/mol. The molecule has 0 aliphatic rings. The van der Waals surface area contributed by atoms with Crippen LogP contribution in [-0.2, 0) is 11.2 Å². The van der Waals surface area contributed by atoms with E-state index in [0.29, 0.717) is 12.5 Å². The number of nitrogens with one attached hydrogen (secondary N) is 1. The van der Waals surface area contributed by atoms with Crippen LogP contribution < -0.4 is 5.32 Å². The fraction of sp³-hybridized carbons (Fsp3) is 0.667. The fourth-order valence-electron chi connectivity index (χ4n) is 1.04. The maximum Gasteiger partial charge on any atom is 0.183 e. The van der Waals surface area contributed by atoms with Crippen LogP contribution in [0.2, 0.25) is 0 Å². The van der Waals surface area contributed by atoms with E-state index in [1.807, 2.05) is 0 Å². The first-order valence-corrected chi connectivity index (χ1v) is 5.97. The highest BCUT2D eigenvalue weighted by atomic mass is 35.5. The Balaban J connectivity index is 2.48. The molecular formula is C9H15ClN2OS.